The molecule has 1 nitrogen and oxygen atoms in total. The van der Waals surface area contributed by atoms with E-state index in [1.165, 1.54) is 12.0 Å². The Morgan fingerprint density at radius 1 is 1.45 bits per heavy atom. The molecule has 11 heavy (non-hydrogen) atoms. The second kappa shape index (κ2) is 2.84. The maximum absolute atomic E-state index is 5.84. The quantitative estimate of drug-likeness (QED) is 0.677. The lowest BCUT2D eigenvalue weighted by atomic mass is 9.98. The molecule has 2 rings (SSSR count). The zero-order valence-electron chi connectivity index (χ0n) is 6.18. The van der Waals surface area contributed by atoms with E-state index in [0.717, 1.165) is 11.6 Å². The average molecular weight is 168 g/mol. The monoisotopic (exact) mass is 167 g/mol. The summed E-state index contributed by atoms with van der Waals surface area (Å²) in [5, 5.41) is 4.16. The molecular weight excluding hydrogens is 158 g/mol. The summed E-state index contributed by atoms with van der Waals surface area (Å²) in [5.41, 5.74) is 1.31. The first kappa shape index (κ1) is 7.14. The van der Waals surface area contributed by atoms with Crippen molar-refractivity contribution in [1.82, 2.24) is 5.32 Å². The van der Waals surface area contributed by atoms with Gasteiger partial charge in [-0.05, 0) is 30.7 Å². The van der Waals surface area contributed by atoms with Gasteiger partial charge < -0.3 is 5.32 Å². The summed E-state index contributed by atoms with van der Waals surface area (Å²) >= 11 is 5.84. The molecule has 1 saturated heterocycles. The van der Waals surface area contributed by atoms with Crippen molar-refractivity contribution in [3.63, 3.8) is 0 Å². The van der Waals surface area contributed by atoms with Gasteiger partial charge in [-0.2, -0.15) is 0 Å². The second-order valence-corrected chi connectivity index (χ2v) is 3.29. The van der Waals surface area contributed by atoms with Gasteiger partial charge in [0.25, 0.3) is 0 Å². The highest BCUT2D eigenvalue weighted by atomic mass is 35.5. The van der Waals surface area contributed by atoms with E-state index in [-0.39, 0.29) is 0 Å². The van der Waals surface area contributed by atoms with Crippen LogP contribution in [0.2, 0.25) is 5.02 Å². The molecule has 1 fully saturated rings. The summed E-state index contributed by atoms with van der Waals surface area (Å²) in [6.45, 7) is 1.14. The zero-order valence-corrected chi connectivity index (χ0v) is 6.93. The predicted molar refractivity (Wildman–Crippen MR) is 46.8 cm³/mol. The Morgan fingerprint density at radius 3 is 2.82 bits per heavy atom. The van der Waals surface area contributed by atoms with Gasteiger partial charge in [-0.1, -0.05) is 23.7 Å². The van der Waals surface area contributed by atoms with Crippen molar-refractivity contribution in [2.45, 2.75) is 12.5 Å². The topological polar surface area (TPSA) is 12.0 Å². The highest BCUT2D eigenvalue weighted by Crippen LogP contribution is 2.24. The van der Waals surface area contributed by atoms with Crippen LogP contribution in [-0.4, -0.2) is 6.54 Å². The first-order valence-corrected chi connectivity index (χ1v) is 4.23. The molecule has 0 aromatic heterocycles. The molecule has 58 valence electrons. The van der Waals surface area contributed by atoms with Gasteiger partial charge in [0.2, 0.25) is 0 Å². The van der Waals surface area contributed by atoms with Crippen LogP contribution < -0.4 is 5.32 Å². The van der Waals surface area contributed by atoms with Gasteiger partial charge in [-0.3, -0.25) is 0 Å². The molecular formula is C9H10ClN. The maximum Gasteiger partial charge on any atom is 0.0409 e. The van der Waals surface area contributed by atoms with Gasteiger partial charge >= 0.3 is 0 Å². The molecule has 1 heterocycles. The van der Waals surface area contributed by atoms with Crippen LogP contribution in [0.3, 0.4) is 0 Å². The fourth-order valence-electron chi connectivity index (χ4n) is 1.30. The van der Waals surface area contributed by atoms with Crippen molar-refractivity contribution in [3.8, 4) is 0 Å². The standard InChI is InChI=1S/C9H10ClN/c10-8-3-1-2-7(6-8)9-4-5-11-9/h1-3,6,9,11H,4-5H2. The molecule has 1 aromatic rings. The number of rotatable bonds is 1. The zero-order chi connectivity index (χ0) is 7.68. The third kappa shape index (κ3) is 1.39. The number of benzene rings is 1. The Labute approximate surface area is 71.4 Å². The van der Waals surface area contributed by atoms with E-state index in [4.69, 9.17) is 11.6 Å². The predicted octanol–water partition coefficient (Wildman–Crippen LogP) is 2.37. The summed E-state index contributed by atoms with van der Waals surface area (Å²) in [5.74, 6) is 0. The average Bonchev–Trinajstić information content (AvgIpc) is 1.83. The number of hydrogen-bond acceptors (Lipinski definition) is 1. The van der Waals surface area contributed by atoms with Crippen LogP contribution in [-0.2, 0) is 0 Å². The second-order valence-electron chi connectivity index (χ2n) is 2.85. The summed E-state index contributed by atoms with van der Waals surface area (Å²) in [6.07, 6.45) is 1.24. The number of hydrogen-bond donors (Lipinski definition) is 1. The summed E-state index contributed by atoms with van der Waals surface area (Å²) < 4.78 is 0. The first-order valence-electron chi connectivity index (χ1n) is 3.85. The number of halogens is 1. The third-order valence-corrected chi connectivity index (χ3v) is 2.31. The molecule has 0 amide bonds. The summed E-state index contributed by atoms with van der Waals surface area (Å²) in [4.78, 5) is 0. The molecule has 1 aliphatic heterocycles. The van der Waals surface area contributed by atoms with E-state index in [1.807, 2.05) is 18.2 Å². The van der Waals surface area contributed by atoms with Crippen LogP contribution in [0.4, 0.5) is 0 Å². The molecule has 0 spiro atoms. The van der Waals surface area contributed by atoms with Crippen LogP contribution in [0.1, 0.15) is 18.0 Å². The molecule has 0 saturated carbocycles. The van der Waals surface area contributed by atoms with Crippen molar-refractivity contribution in [2.24, 2.45) is 0 Å². The Morgan fingerprint density at radius 2 is 2.27 bits per heavy atom. The van der Waals surface area contributed by atoms with E-state index in [9.17, 15) is 0 Å². The highest BCUT2D eigenvalue weighted by Gasteiger charge is 2.17. The van der Waals surface area contributed by atoms with Crippen molar-refractivity contribution < 1.29 is 0 Å². The minimum atomic E-state index is 0.550. The van der Waals surface area contributed by atoms with E-state index >= 15 is 0 Å². The Bertz CT molecular complexity index is 255. The molecule has 0 radical (unpaired) electrons. The molecule has 1 atom stereocenters. The first-order chi connectivity index (χ1) is 5.36. The van der Waals surface area contributed by atoms with Crippen LogP contribution >= 0.6 is 11.6 Å². The van der Waals surface area contributed by atoms with Gasteiger partial charge in [-0.25, -0.2) is 0 Å². The lowest BCUT2D eigenvalue weighted by molar-refractivity contribution is 0.383. The van der Waals surface area contributed by atoms with E-state index in [2.05, 4.69) is 11.4 Å². The van der Waals surface area contributed by atoms with Gasteiger partial charge in [0.05, 0.1) is 0 Å². The Kier molecular flexibility index (Phi) is 1.84. The molecule has 1 aromatic carbocycles. The van der Waals surface area contributed by atoms with Crippen LogP contribution in [0.25, 0.3) is 0 Å². The SMILES string of the molecule is Clc1cccc(C2CCN2)c1. The van der Waals surface area contributed by atoms with Gasteiger partial charge in [0, 0.05) is 11.1 Å². The van der Waals surface area contributed by atoms with E-state index < -0.39 is 0 Å². The minimum Gasteiger partial charge on any atom is -0.310 e. The summed E-state index contributed by atoms with van der Waals surface area (Å²) in [7, 11) is 0. The van der Waals surface area contributed by atoms with Crippen LogP contribution in [0.15, 0.2) is 24.3 Å². The molecule has 1 aliphatic rings. The summed E-state index contributed by atoms with van der Waals surface area (Å²) in [6, 6.07) is 8.59. The molecule has 2 heteroatoms. The smallest absolute Gasteiger partial charge is 0.0409 e. The van der Waals surface area contributed by atoms with Gasteiger partial charge in [-0.15, -0.1) is 0 Å². The van der Waals surface area contributed by atoms with Crippen molar-refractivity contribution >= 4 is 11.6 Å². The Hall–Kier alpha value is -0.530. The van der Waals surface area contributed by atoms with Crippen molar-refractivity contribution in [2.75, 3.05) is 6.54 Å². The fourth-order valence-corrected chi connectivity index (χ4v) is 1.50. The van der Waals surface area contributed by atoms with Crippen LogP contribution in [0.5, 0.6) is 0 Å². The van der Waals surface area contributed by atoms with E-state index in [1.54, 1.807) is 0 Å². The molecule has 0 aliphatic carbocycles. The van der Waals surface area contributed by atoms with E-state index in [0.29, 0.717) is 6.04 Å². The maximum atomic E-state index is 5.84. The largest absolute Gasteiger partial charge is 0.310 e. The minimum absolute atomic E-state index is 0.550. The van der Waals surface area contributed by atoms with Gasteiger partial charge in [0.1, 0.15) is 0 Å². The highest BCUT2D eigenvalue weighted by molar-refractivity contribution is 6.30. The fraction of sp³-hybridized carbons (Fsp3) is 0.333. The van der Waals surface area contributed by atoms with Gasteiger partial charge in [0.15, 0.2) is 0 Å². The van der Waals surface area contributed by atoms with Crippen molar-refractivity contribution in [3.05, 3.63) is 34.9 Å². The lowest BCUT2D eigenvalue weighted by Gasteiger charge is -2.27. The third-order valence-electron chi connectivity index (χ3n) is 2.07. The normalized spacial score (nSPS) is 22.8. The van der Waals surface area contributed by atoms with Crippen LogP contribution in [0, 0.1) is 0 Å². The Balaban J connectivity index is 2.23. The molecule has 1 unspecified atom stereocenters. The van der Waals surface area contributed by atoms with Crippen molar-refractivity contribution in [1.29, 1.82) is 0 Å². The number of nitrogens with one attached hydrogen (secondary N) is 1. The molecule has 1 N–H and O–H groups in total. The molecule has 0 bridgehead atoms. The lowest BCUT2D eigenvalue weighted by Crippen LogP contribution is -2.34.